The first kappa shape index (κ1) is 16.2. The second-order valence-corrected chi connectivity index (χ2v) is 8.16. The van der Waals surface area contributed by atoms with Crippen molar-refractivity contribution in [3.05, 3.63) is 35.4 Å². The van der Waals surface area contributed by atoms with Crippen LogP contribution in [0.4, 0.5) is 0 Å². The van der Waals surface area contributed by atoms with E-state index in [-0.39, 0.29) is 5.91 Å². The summed E-state index contributed by atoms with van der Waals surface area (Å²) >= 11 is 3.86. The van der Waals surface area contributed by atoms with Gasteiger partial charge in [-0.05, 0) is 49.5 Å². The molecule has 0 atom stereocenters. The predicted molar refractivity (Wildman–Crippen MR) is 87.9 cm³/mol. The first-order valence-corrected chi connectivity index (χ1v) is 8.89. The zero-order chi connectivity index (χ0) is 15.5. The zero-order valence-corrected chi connectivity index (χ0v) is 13.7. The fourth-order valence-corrected chi connectivity index (χ4v) is 4.78. The number of amides is 1. The molecule has 0 unspecified atom stereocenters. The van der Waals surface area contributed by atoms with Crippen molar-refractivity contribution in [2.24, 2.45) is 0 Å². The summed E-state index contributed by atoms with van der Waals surface area (Å²) in [5, 5.41) is 11.6. The number of rotatable bonds is 4. The quantitative estimate of drug-likeness (QED) is 0.890. The van der Waals surface area contributed by atoms with Crippen molar-refractivity contribution in [1.29, 1.82) is 0 Å². The van der Waals surface area contributed by atoms with Crippen molar-refractivity contribution in [2.75, 3.05) is 11.5 Å². The molecule has 6 heteroatoms. The van der Waals surface area contributed by atoms with E-state index in [1.54, 1.807) is 12.1 Å². The number of hydrogen-bond acceptors (Lipinski definition) is 4. The van der Waals surface area contributed by atoms with Crippen molar-refractivity contribution in [1.82, 2.24) is 5.32 Å². The lowest BCUT2D eigenvalue weighted by Gasteiger charge is -2.22. The summed E-state index contributed by atoms with van der Waals surface area (Å²) in [6.45, 7) is 2.94. The lowest BCUT2D eigenvalue weighted by molar-refractivity contribution is -0.143. The van der Waals surface area contributed by atoms with Crippen LogP contribution in [-0.2, 0) is 4.79 Å². The molecule has 1 aromatic carbocycles. The van der Waals surface area contributed by atoms with E-state index >= 15 is 0 Å². The Morgan fingerprint density at radius 1 is 1.19 bits per heavy atom. The topological polar surface area (TPSA) is 66.4 Å². The lowest BCUT2D eigenvalue weighted by atomic mass is 10.0. The van der Waals surface area contributed by atoms with E-state index in [1.807, 2.05) is 35.7 Å². The molecule has 0 radical (unpaired) electrons. The highest BCUT2D eigenvalue weighted by Crippen LogP contribution is 2.43. The highest BCUT2D eigenvalue weighted by Gasteiger charge is 2.29. The number of carbonyl (C=O) groups is 2. The molecule has 1 aliphatic heterocycles. The molecule has 2 N–H and O–H groups in total. The molecule has 1 aromatic rings. The van der Waals surface area contributed by atoms with Gasteiger partial charge in [-0.25, -0.2) is 4.79 Å². The average Bonchev–Trinajstić information content (AvgIpc) is 2.48. The van der Waals surface area contributed by atoms with Gasteiger partial charge in [0.05, 0.1) is 4.58 Å². The van der Waals surface area contributed by atoms with Crippen LogP contribution in [0.15, 0.2) is 24.3 Å². The van der Waals surface area contributed by atoms with Gasteiger partial charge in [-0.1, -0.05) is 12.1 Å². The fraction of sp³-hybridized carbons (Fsp3) is 0.467. The normalized spacial score (nSPS) is 16.5. The minimum absolute atomic E-state index is 0.363. The molecule has 21 heavy (non-hydrogen) atoms. The van der Waals surface area contributed by atoms with Crippen LogP contribution >= 0.6 is 23.5 Å². The largest absolute Gasteiger partial charge is 0.480 e. The Hall–Kier alpha value is -1.14. The minimum atomic E-state index is -1.27. The van der Waals surface area contributed by atoms with Crippen LogP contribution in [-0.4, -0.2) is 34.0 Å². The van der Waals surface area contributed by atoms with Gasteiger partial charge in [0, 0.05) is 5.56 Å². The third kappa shape index (κ3) is 4.17. The molecule has 1 fully saturated rings. The van der Waals surface area contributed by atoms with Crippen LogP contribution in [0.25, 0.3) is 0 Å². The molecule has 0 saturated carbocycles. The lowest BCUT2D eigenvalue weighted by Crippen LogP contribution is -2.49. The average molecular weight is 325 g/mol. The number of carboxylic acid groups (broad SMARTS) is 1. The molecule has 114 valence electrons. The molecule has 1 saturated heterocycles. The van der Waals surface area contributed by atoms with Crippen LogP contribution in [0.1, 0.15) is 40.8 Å². The number of thioether (sulfide) groups is 2. The van der Waals surface area contributed by atoms with Gasteiger partial charge >= 0.3 is 5.97 Å². The van der Waals surface area contributed by atoms with Crippen LogP contribution in [0.2, 0.25) is 0 Å². The Labute approximate surface area is 133 Å². The maximum atomic E-state index is 12.1. The molecule has 1 amide bonds. The summed E-state index contributed by atoms with van der Waals surface area (Å²) in [7, 11) is 0. The zero-order valence-electron chi connectivity index (χ0n) is 12.1. The van der Waals surface area contributed by atoms with Crippen molar-refractivity contribution >= 4 is 35.4 Å². The maximum absolute atomic E-state index is 12.1. The highest BCUT2D eigenvalue weighted by molar-refractivity contribution is 8.16. The van der Waals surface area contributed by atoms with Gasteiger partial charge in [-0.3, -0.25) is 4.79 Å². The number of aliphatic carboxylic acids is 1. The summed E-state index contributed by atoms with van der Waals surface area (Å²) in [6, 6.07) is 7.44. The van der Waals surface area contributed by atoms with Crippen LogP contribution in [0.3, 0.4) is 0 Å². The van der Waals surface area contributed by atoms with E-state index in [9.17, 15) is 9.59 Å². The third-order valence-electron chi connectivity index (χ3n) is 3.23. The van der Waals surface area contributed by atoms with E-state index in [0.717, 1.165) is 0 Å². The van der Waals surface area contributed by atoms with Gasteiger partial charge in [0.15, 0.2) is 0 Å². The molecule has 0 aliphatic carbocycles. The van der Waals surface area contributed by atoms with Gasteiger partial charge in [-0.15, -0.1) is 23.5 Å². The predicted octanol–water partition coefficient (Wildman–Crippen LogP) is 3.15. The Balaban J connectivity index is 2.04. The van der Waals surface area contributed by atoms with E-state index in [2.05, 4.69) is 5.32 Å². The molecule has 1 aliphatic rings. The Morgan fingerprint density at radius 3 is 2.29 bits per heavy atom. The Kier molecular flexibility index (Phi) is 5.22. The number of nitrogens with one attached hydrogen (secondary N) is 1. The SMILES string of the molecule is CC(C)(NC(=O)c1ccc(C2SCCCS2)cc1)C(=O)O. The van der Waals surface area contributed by atoms with Gasteiger partial charge < -0.3 is 10.4 Å². The molecule has 4 nitrogen and oxygen atoms in total. The van der Waals surface area contributed by atoms with E-state index in [0.29, 0.717) is 10.1 Å². The van der Waals surface area contributed by atoms with Crippen molar-refractivity contribution < 1.29 is 14.7 Å². The van der Waals surface area contributed by atoms with Gasteiger partial charge in [0.1, 0.15) is 5.54 Å². The number of carbonyl (C=O) groups excluding carboxylic acids is 1. The second kappa shape index (κ2) is 6.75. The molecule has 0 bridgehead atoms. The van der Waals surface area contributed by atoms with E-state index < -0.39 is 11.5 Å². The number of carboxylic acids is 1. The van der Waals surface area contributed by atoms with Crippen molar-refractivity contribution in [3.8, 4) is 0 Å². The summed E-state index contributed by atoms with van der Waals surface area (Å²) in [5.74, 6) is 0.930. The van der Waals surface area contributed by atoms with Crippen LogP contribution < -0.4 is 5.32 Å². The monoisotopic (exact) mass is 325 g/mol. The summed E-state index contributed by atoms with van der Waals surface area (Å²) in [4.78, 5) is 23.1. The minimum Gasteiger partial charge on any atom is -0.480 e. The molecule has 2 rings (SSSR count). The van der Waals surface area contributed by atoms with Gasteiger partial charge in [0.25, 0.3) is 5.91 Å². The van der Waals surface area contributed by atoms with Gasteiger partial charge in [-0.2, -0.15) is 0 Å². The second-order valence-electron chi connectivity index (χ2n) is 5.43. The standard InChI is InChI=1S/C15H19NO3S2/c1-15(2,14(18)19)16-12(17)10-4-6-11(7-5-10)13-20-8-3-9-21-13/h4-7,13H,3,8-9H2,1-2H3,(H,16,17)(H,18,19). The van der Waals surface area contributed by atoms with Crippen molar-refractivity contribution in [2.45, 2.75) is 30.4 Å². The smallest absolute Gasteiger partial charge is 0.328 e. The summed E-state index contributed by atoms with van der Waals surface area (Å²) in [5.41, 5.74) is 0.419. The van der Waals surface area contributed by atoms with E-state index in [1.165, 1.54) is 37.3 Å². The third-order valence-corrected chi connectivity index (χ3v) is 6.25. The Morgan fingerprint density at radius 2 is 1.76 bits per heavy atom. The number of hydrogen-bond donors (Lipinski definition) is 2. The van der Waals surface area contributed by atoms with Crippen LogP contribution in [0.5, 0.6) is 0 Å². The van der Waals surface area contributed by atoms with E-state index in [4.69, 9.17) is 5.11 Å². The molecule has 0 spiro atoms. The molecular formula is C15H19NO3S2. The molecular weight excluding hydrogens is 306 g/mol. The molecule has 0 aromatic heterocycles. The Bertz CT molecular complexity index is 522. The maximum Gasteiger partial charge on any atom is 0.328 e. The summed E-state index contributed by atoms with van der Waals surface area (Å²) in [6.07, 6.45) is 1.25. The molecule has 1 heterocycles. The van der Waals surface area contributed by atoms with Crippen LogP contribution in [0, 0.1) is 0 Å². The summed E-state index contributed by atoms with van der Waals surface area (Å²) < 4.78 is 0.436. The van der Waals surface area contributed by atoms with Crippen molar-refractivity contribution in [3.63, 3.8) is 0 Å². The number of benzene rings is 1. The first-order valence-electron chi connectivity index (χ1n) is 6.79. The first-order chi connectivity index (χ1) is 9.90. The van der Waals surface area contributed by atoms with Gasteiger partial charge in [0.2, 0.25) is 0 Å². The fourth-order valence-electron chi connectivity index (χ4n) is 1.88. The highest BCUT2D eigenvalue weighted by atomic mass is 32.2.